The number of rotatable bonds is 5. The summed E-state index contributed by atoms with van der Waals surface area (Å²) >= 11 is 0. The van der Waals surface area contributed by atoms with E-state index in [1.807, 2.05) is 0 Å². The lowest BCUT2D eigenvalue weighted by atomic mass is 9.86. The second kappa shape index (κ2) is 4.73. The van der Waals surface area contributed by atoms with E-state index in [1.54, 1.807) is 0 Å². The Hall–Kier alpha value is -0.0800. The third kappa shape index (κ3) is 6.32. The van der Waals surface area contributed by atoms with Gasteiger partial charge < -0.3 is 0 Å². The summed E-state index contributed by atoms with van der Waals surface area (Å²) in [7, 11) is 0. The lowest BCUT2D eigenvalue weighted by Crippen LogP contribution is -2.18. The van der Waals surface area contributed by atoms with Gasteiger partial charge in [0, 0.05) is 0 Å². The van der Waals surface area contributed by atoms with Crippen molar-refractivity contribution in [2.24, 2.45) is 11.3 Å². The maximum absolute atomic E-state index is 8.27. The van der Waals surface area contributed by atoms with E-state index in [4.69, 9.17) is 5.26 Å². The zero-order chi connectivity index (χ0) is 8.91. The van der Waals surface area contributed by atoms with Crippen LogP contribution in [-0.4, -0.2) is 11.9 Å². The molecule has 0 aromatic rings. The SMILES string of the molecule is CC(C)CCC(C)(C)COO. The van der Waals surface area contributed by atoms with Crippen molar-refractivity contribution in [2.75, 3.05) is 6.61 Å². The number of hydrogen-bond acceptors (Lipinski definition) is 2. The average Bonchev–Trinajstić information content (AvgIpc) is 1.84. The van der Waals surface area contributed by atoms with Crippen LogP contribution in [0.15, 0.2) is 0 Å². The van der Waals surface area contributed by atoms with Gasteiger partial charge in [-0.15, -0.1) is 0 Å². The summed E-state index contributed by atoms with van der Waals surface area (Å²) < 4.78 is 0. The predicted molar refractivity (Wildman–Crippen MR) is 46.4 cm³/mol. The molecule has 0 aromatic heterocycles. The largest absolute Gasteiger partial charge is 0.252 e. The monoisotopic (exact) mass is 160 g/mol. The molecule has 0 unspecified atom stereocenters. The standard InChI is InChI=1S/C9H20O2/c1-8(2)5-6-9(3,4)7-11-10/h8,10H,5-7H2,1-4H3. The van der Waals surface area contributed by atoms with E-state index in [-0.39, 0.29) is 5.41 Å². The van der Waals surface area contributed by atoms with Crippen LogP contribution in [0.2, 0.25) is 0 Å². The molecular formula is C9H20O2. The maximum atomic E-state index is 8.27. The van der Waals surface area contributed by atoms with Gasteiger partial charge in [0.15, 0.2) is 0 Å². The van der Waals surface area contributed by atoms with Gasteiger partial charge in [0.05, 0.1) is 6.61 Å². The highest BCUT2D eigenvalue weighted by atomic mass is 17.1. The van der Waals surface area contributed by atoms with Crippen LogP contribution in [0.5, 0.6) is 0 Å². The van der Waals surface area contributed by atoms with E-state index in [1.165, 1.54) is 6.42 Å². The molecule has 68 valence electrons. The highest BCUT2D eigenvalue weighted by molar-refractivity contribution is 4.67. The van der Waals surface area contributed by atoms with Crippen molar-refractivity contribution in [2.45, 2.75) is 40.5 Å². The van der Waals surface area contributed by atoms with Crippen LogP contribution in [0.3, 0.4) is 0 Å². The molecule has 0 saturated carbocycles. The van der Waals surface area contributed by atoms with Gasteiger partial charge in [-0.1, -0.05) is 34.1 Å². The van der Waals surface area contributed by atoms with Crippen molar-refractivity contribution in [1.82, 2.24) is 0 Å². The summed E-state index contributed by atoms with van der Waals surface area (Å²) in [6.45, 7) is 9.04. The van der Waals surface area contributed by atoms with Crippen LogP contribution in [0, 0.1) is 11.3 Å². The minimum absolute atomic E-state index is 0.110. The molecule has 0 aromatic carbocycles. The highest BCUT2D eigenvalue weighted by Gasteiger charge is 2.18. The predicted octanol–water partition coefficient (Wildman–Crippen LogP) is 2.94. The molecule has 0 spiro atoms. The molecule has 2 nitrogen and oxygen atoms in total. The maximum Gasteiger partial charge on any atom is 0.0870 e. The van der Waals surface area contributed by atoms with Gasteiger partial charge in [0.1, 0.15) is 0 Å². The van der Waals surface area contributed by atoms with Gasteiger partial charge in [-0.25, -0.2) is 4.89 Å². The van der Waals surface area contributed by atoms with Crippen LogP contribution in [0.4, 0.5) is 0 Å². The topological polar surface area (TPSA) is 29.5 Å². The quantitative estimate of drug-likeness (QED) is 0.495. The Kier molecular flexibility index (Phi) is 4.69. The van der Waals surface area contributed by atoms with Crippen molar-refractivity contribution in [1.29, 1.82) is 0 Å². The van der Waals surface area contributed by atoms with E-state index in [2.05, 4.69) is 32.6 Å². The smallest absolute Gasteiger partial charge is 0.0870 e. The Balaban J connectivity index is 3.54. The molecule has 0 aliphatic rings. The van der Waals surface area contributed by atoms with E-state index in [0.717, 1.165) is 12.3 Å². The molecule has 0 bridgehead atoms. The van der Waals surface area contributed by atoms with Crippen LogP contribution in [0.25, 0.3) is 0 Å². The van der Waals surface area contributed by atoms with Crippen LogP contribution in [0.1, 0.15) is 40.5 Å². The summed E-state index contributed by atoms with van der Waals surface area (Å²) in [6.07, 6.45) is 2.29. The Morgan fingerprint density at radius 2 is 1.91 bits per heavy atom. The number of hydrogen-bond donors (Lipinski definition) is 1. The molecule has 0 rings (SSSR count). The zero-order valence-corrected chi connectivity index (χ0v) is 8.05. The van der Waals surface area contributed by atoms with Crippen molar-refractivity contribution < 1.29 is 10.1 Å². The minimum Gasteiger partial charge on any atom is -0.252 e. The molecular weight excluding hydrogens is 140 g/mol. The Morgan fingerprint density at radius 1 is 1.36 bits per heavy atom. The van der Waals surface area contributed by atoms with Gasteiger partial charge in [0.25, 0.3) is 0 Å². The first-order chi connectivity index (χ1) is 4.98. The van der Waals surface area contributed by atoms with Crippen LogP contribution in [-0.2, 0) is 4.89 Å². The van der Waals surface area contributed by atoms with Gasteiger partial charge >= 0.3 is 0 Å². The molecule has 1 N–H and O–H groups in total. The molecule has 0 atom stereocenters. The summed E-state index contributed by atoms with van der Waals surface area (Å²) in [6, 6.07) is 0. The molecule has 0 heterocycles. The van der Waals surface area contributed by atoms with Gasteiger partial charge in [-0.05, 0) is 17.8 Å². The van der Waals surface area contributed by atoms with E-state index in [9.17, 15) is 0 Å². The van der Waals surface area contributed by atoms with Crippen molar-refractivity contribution in [3.05, 3.63) is 0 Å². The Morgan fingerprint density at radius 3 is 2.27 bits per heavy atom. The molecule has 2 heteroatoms. The van der Waals surface area contributed by atoms with Gasteiger partial charge in [-0.3, -0.25) is 5.26 Å². The zero-order valence-electron chi connectivity index (χ0n) is 8.05. The van der Waals surface area contributed by atoms with Crippen molar-refractivity contribution >= 4 is 0 Å². The second-order valence-electron chi connectivity index (χ2n) is 4.37. The molecule has 0 aliphatic heterocycles. The first-order valence-electron chi connectivity index (χ1n) is 4.24. The van der Waals surface area contributed by atoms with Crippen LogP contribution >= 0.6 is 0 Å². The van der Waals surface area contributed by atoms with Crippen LogP contribution < -0.4 is 0 Å². The van der Waals surface area contributed by atoms with E-state index >= 15 is 0 Å². The third-order valence-corrected chi connectivity index (χ3v) is 1.85. The average molecular weight is 160 g/mol. The molecule has 0 fully saturated rings. The lowest BCUT2D eigenvalue weighted by molar-refractivity contribution is -0.260. The third-order valence-electron chi connectivity index (χ3n) is 1.85. The van der Waals surface area contributed by atoms with Crippen molar-refractivity contribution in [3.8, 4) is 0 Å². The van der Waals surface area contributed by atoms with Gasteiger partial charge in [-0.2, -0.15) is 0 Å². The minimum atomic E-state index is 0.110. The summed E-state index contributed by atoms with van der Waals surface area (Å²) in [5.74, 6) is 0.730. The lowest BCUT2D eigenvalue weighted by Gasteiger charge is -2.23. The summed E-state index contributed by atoms with van der Waals surface area (Å²) in [4.78, 5) is 4.14. The highest BCUT2D eigenvalue weighted by Crippen LogP contribution is 2.24. The first kappa shape index (κ1) is 10.9. The summed E-state index contributed by atoms with van der Waals surface area (Å²) in [5, 5.41) is 8.27. The summed E-state index contributed by atoms with van der Waals surface area (Å²) in [5.41, 5.74) is 0.110. The fourth-order valence-corrected chi connectivity index (χ4v) is 0.926. The molecule has 0 aliphatic carbocycles. The normalized spacial score (nSPS) is 12.5. The Labute approximate surface area is 69.5 Å². The Bertz CT molecular complexity index is 97.7. The molecule has 0 amide bonds. The second-order valence-corrected chi connectivity index (χ2v) is 4.37. The molecule has 11 heavy (non-hydrogen) atoms. The fourth-order valence-electron chi connectivity index (χ4n) is 0.926. The molecule has 0 saturated heterocycles. The van der Waals surface area contributed by atoms with E-state index in [0.29, 0.717) is 6.61 Å². The van der Waals surface area contributed by atoms with Crippen molar-refractivity contribution in [3.63, 3.8) is 0 Å². The molecule has 0 radical (unpaired) electrons. The fraction of sp³-hybridized carbons (Fsp3) is 1.00. The first-order valence-corrected chi connectivity index (χ1v) is 4.24. The van der Waals surface area contributed by atoms with Gasteiger partial charge in [0.2, 0.25) is 0 Å². The van der Waals surface area contributed by atoms with E-state index < -0.39 is 0 Å².